The molecule has 3 aromatic carbocycles. The van der Waals surface area contributed by atoms with Crippen molar-refractivity contribution in [2.45, 2.75) is 33.0 Å². The lowest BCUT2D eigenvalue weighted by atomic mass is 10.1. The van der Waals surface area contributed by atoms with Crippen LogP contribution in [0.25, 0.3) is 0 Å². The minimum atomic E-state index is -0.397. The standard InChI is InChI=1S/C25H26O4/c1-3-8-19-11-7-12-21(15-19)18-28-23-14-13-22(16-24(23)27-2)25(26)29-17-20-9-5-4-6-10-20/h4-7,9-16H,3,8,17-18H2,1-2H3. The van der Waals surface area contributed by atoms with E-state index in [1.165, 1.54) is 5.56 Å². The van der Waals surface area contributed by atoms with Gasteiger partial charge in [0.15, 0.2) is 11.5 Å². The molecule has 0 saturated heterocycles. The van der Waals surface area contributed by atoms with Gasteiger partial charge >= 0.3 is 5.97 Å². The number of rotatable bonds is 9. The van der Waals surface area contributed by atoms with Gasteiger partial charge in [0.25, 0.3) is 0 Å². The highest BCUT2D eigenvalue weighted by molar-refractivity contribution is 5.90. The van der Waals surface area contributed by atoms with Crippen molar-refractivity contribution >= 4 is 5.97 Å². The fourth-order valence-corrected chi connectivity index (χ4v) is 3.04. The van der Waals surface area contributed by atoms with Crippen molar-refractivity contribution in [3.63, 3.8) is 0 Å². The molecule has 0 bridgehead atoms. The summed E-state index contributed by atoms with van der Waals surface area (Å²) in [4.78, 5) is 12.4. The van der Waals surface area contributed by atoms with E-state index in [0.29, 0.717) is 23.7 Å². The zero-order chi connectivity index (χ0) is 20.5. The van der Waals surface area contributed by atoms with E-state index >= 15 is 0 Å². The number of hydrogen-bond acceptors (Lipinski definition) is 4. The summed E-state index contributed by atoms with van der Waals surface area (Å²) in [5.74, 6) is 0.697. The molecule has 0 spiro atoms. The number of ether oxygens (including phenoxy) is 3. The predicted octanol–water partition coefficient (Wildman–Crippen LogP) is 5.58. The second kappa shape index (κ2) is 10.3. The Hall–Kier alpha value is -3.27. The molecule has 0 heterocycles. The van der Waals surface area contributed by atoms with Crippen LogP contribution in [0.4, 0.5) is 0 Å². The first kappa shape index (κ1) is 20.5. The topological polar surface area (TPSA) is 44.8 Å². The molecule has 0 radical (unpaired) electrons. The smallest absolute Gasteiger partial charge is 0.338 e. The average Bonchev–Trinajstić information content (AvgIpc) is 2.77. The Morgan fingerprint density at radius 1 is 0.793 bits per heavy atom. The van der Waals surface area contributed by atoms with E-state index in [-0.39, 0.29) is 6.61 Å². The third kappa shape index (κ3) is 5.85. The maximum absolute atomic E-state index is 12.4. The monoisotopic (exact) mass is 390 g/mol. The fourth-order valence-electron chi connectivity index (χ4n) is 3.04. The van der Waals surface area contributed by atoms with Gasteiger partial charge in [0.05, 0.1) is 12.7 Å². The van der Waals surface area contributed by atoms with Crippen molar-refractivity contribution in [1.29, 1.82) is 0 Å². The highest BCUT2D eigenvalue weighted by Gasteiger charge is 2.13. The van der Waals surface area contributed by atoms with E-state index in [1.54, 1.807) is 25.3 Å². The minimum absolute atomic E-state index is 0.230. The summed E-state index contributed by atoms with van der Waals surface area (Å²) in [6, 6.07) is 23.0. The summed E-state index contributed by atoms with van der Waals surface area (Å²) in [6.45, 7) is 2.83. The number of methoxy groups -OCH3 is 1. The van der Waals surface area contributed by atoms with Crippen LogP contribution in [0.1, 0.15) is 40.4 Å². The summed E-state index contributed by atoms with van der Waals surface area (Å²) in [5, 5.41) is 0. The van der Waals surface area contributed by atoms with Gasteiger partial charge in [-0.25, -0.2) is 4.79 Å². The molecule has 0 fully saturated rings. The minimum Gasteiger partial charge on any atom is -0.493 e. The largest absolute Gasteiger partial charge is 0.493 e. The Morgan fingerprint density at radius 3 is 2.31 bits per heavy atom. The van der Waals surface area contributed by atoms with Crippen LogP contribution >= 0.6 is 0 Å². The van der Waals surface area contributed by atoms with E-state index in [0.717, 1.165) is 24.0 Å². The third-order valence-corrected chi connectivity index (χ3v) is 4.54. The van der Waals surface area contributed by atoms with Gasteiger partial charge in [-0.15, -0.1) is 0 Å². The van der Waals surface area contributed by atoms with Gasteiger partial charge in [0, 0.05) is 0 Å². The van der Waals surface area contributed by atoms with Crippen LogP contribution in [0.5, 0.6) is 11.5 Å². The molecule has 0 unspecified atom stereocenters. The van der Waals surface area contributed by atoms with Gasteiger partial charge in [0.1, 0.15) is 13.2 Å². The molecule has 29 heavy (non-hydrogen) atoms. The molecular weight excluding hydrogens is 364 g/mol. The maximum atomic E-state index is 12.4. The van der Waals surface area contributed by atoms with Crippen LogP contribution < -0.4 is 9.47 Å². The van der Waals surface area contributed by atoms with Crippen molar-refractivity contribution in [3.8, 4) is 11.5 Å². The Morgan fingerprint density at radius 2 is 1.55 bits per heavy atom. The van der Waals surface area contributed by atoms with Crippen molar-refractivity contribution in [1.82, 2.24) is 0 Å². The number of aryl methyl sites for hydroxylation is 1. The van der Waals surface area contributed by atoms with Gasteiger partial charge in [-0.1, -0.05) is 67.9 Å². The van der Waals surface area contributed by atoms with Crippen LogP contribution in [-0.2, 0) is 24.4 Å². The van der Waals surface area contributed by atoms with Crippen molar-refractivity contribution in [3.05, 3.63) is 95.1 Å². The first-order chi connectivity index (χ1) is 14.2. The van der Waals surface area contributed by atoms with Crippen LogP contribution in [0, 0.1) is 0 Å². The van der Waals surface area contributed by atoms with E-state index in [2.05, 4.69) is 19.1 Å². The molecular formula is C25H26O4. The molecule has 0 aliphatic rings. The van der Waals surface area contributed by atoms with E-state index in [9.17, 15) is 4.79 Å². The lowest BCUT2D eigenvalue weighted by Gasteiger charge is -2.13. The van der Waals surface area contributed by atoms with Crippen molar-refractivity contribution in [2.75, 3.05) is 7.11 Å². The van der Waals surface area contributed by atoms with Gasteiger partial charge in [-0.3, -0.25) is 0 Å². The SMILES string of the molecule is CCCc1cccc(COc2ccc(C(=O)OCc3ccccc3)cc2OC)c1. The molecule has 0 aromatic heterocycles. The van der Waals surface area contributed by atoms with Crippen LogP contribution in [0.2, 0.25) is 0 Å². The van der Waals surface area contributed by atoms with Gasteiger partial charge in [-0.05, 0) is 41.3 Å². The molecule has 3 rings (SSSR count). The molecule has 150 valence electrons. The van der Waals surface area contributed by atoms with Crippen LogP contribution in [0.15, 0.2) is 72.8 Å². The molecule has 0 N–H and O–H groups in total. The summed E-state index contributed by atoms with van der Waals surface area (Å²) >= 11 is 0. The first-order valence-electron chi connectivity index (χ1n) is 9.79. The van der Waals surface area contributed by atoms with Crippen LogP contribution in [-0.4, -0.2) is 13.1 Å². The molecule has 0 saturated carbocycles. The molecule has 3 aromatic rings. The summed E-state index contributed by atoms with van der Waals surface area (Å²) < 4.78 is 16.7. The second-order valence-corrected chi connectivity index (χ2v) is 6.79. The van der Waals surface area contributed by atoms with E-state index in [4.69, 9.17) is 14.2 Å². The molecule has 4 heteroatoms. The molecule has 0 aliphatic carbocycles. The lowest BCUT2D eigenvalue weighted by Crippen LogP contribution is -2.06. The molecule has 0 atom stereocenters. The zero-order valence-electron chi connectivity index (χ0n) is 16.9. The normalized spacial score (nSPS) is 10.4. The highest BCUT2D eigenvalue weighted by Crippen LogP contribution is 2.29. The number of esters is 1. The maximum Gasteiger partial charge on any atom is 0.338 e. The summed E-state index contributed by atoms with van der Waals surface area (Å²) in [7, 11) is 1.56. The third-order valence-electron chi connectivity index (χ3n) is 4.54. The fraction of sp³-hybridized carbons (Fsp3) is 0.240. The van der Waals surface area contributed by atoms with Crippen molar-refractivity contribution in [2.24, 2.45) is 0 Å². The zero-order valence-corrected chi connectivity index (χ0v) is 16.9. The first-order valence-corrected chi connectivity index (χ1v) is 9.79. The Balaban J connectivity index is 1.63. The number of benzene rings is 3. The number of hydrogen-bond donors (Lipinski definition) is 0. The predicted molar refractivity (Wildman–Crippen MR) is 113 cm³/mol. The number of carbonyl (C=O) groups is 1. The van der Waals surface area contributed by atoms with E-state index in [1.807, 2.05) is 42.5 Å². The molecule has 0 aliphatic heterocycles. The van der Waals surface area contributed by atoms with Gasteiger partial charge in [-0.2, -0.15) is 0 Å². The van der Waals surface area contributed by atoms with Crippen molar-refractivity contribution < 1.29 is 19.0 Å². The second-order valence-electron chi connectivity index (χ2n) is 6.79. The summed E-state index contributed by atoms with van der Waals surface area (Å²) in [5.41, 5.74) is 3.77. The quantitative estimate of drug-likeness (QED) is 0.447. The highest BCUT2D eigenvalue weighted by atomic mass is 16.5. The Kier molecular flexibility index (Phi) is 7.28. The molecule has 0 amide bonds. The van der Waals surface area contributed by atoms with E-state index < -0.39 is 5.97 Å². The molecule has 4 nitrogen and oxygen atoms in total. The summed E-state index contributed by atoms with van der Waals surface area (Å²) in [6.07, 6.45) is 2.16. The lowest BCUT2D eigenvalue weighted by molar-refractivity contribution is 0.0472. The Bertz CT molecular complexity index is 935. The number of carbonyl (C=O) groups excluding carboxylic acids is 1. The van der Waals surface area contributed by atoms with Gasteiger partial charge in [0.2, 0.25) is 0 Å². The Labute approximate surface area is 172 Å². The average molecular weight is 390 g/mol. The van der Waals surface area contributed by atoms with Gasteiger partial charge < -0.3 is 14.2 Å². The van der Waals surface area contributed by atoms with Crippen LogP contribution in [0.3, 0.4) is 0 Å².